The van der Waals surface area contributed by atoms with Gasteiger partial charge in [0.05, 0.1) is 11.6 Å². The Labute approximate surface area is 304 Å². The Morgan fingerprint density at radius 3 is 2.04 bits per heavy atom. The molecule has 278 valence electrons. The predicted octanol–water partition coefficient (Wildman–Crippen LogP) is 0.917. The number of carbonyl (C=O) groups is 5. The summed E-state index contributed by atoms with van der Waals surface area (Å²) in [6.45, 7) is 7.08. The van der Waals surface area contributed by atoms with Crippen molar-refractivity contribution >= 4 is 42.1 Å². The van der Waals surface area contributed by atoms with Crippen molar-refractivity contribution < 1.29 is 24.0 Å². The number of hydrogen-bond donors (Lipinski definition) is 7. The van der Waals surface area contributed by atoms with Crippen LogP contribution < -0.4 is 38.5 Å². The van der Waals surface area contributed by atoms with E-state index in [1.165, 1.54) is 20.2 Å². The molecule has 5 amide bonds. The molecule has 0 aromatic heterocycles. The monoisotopic (exact) mass is 713 g/mol. The molecule has 14 nitrogen and oxygen atoms in total. The first-order chi connectivity index (χ1) is 24.8. The van der Waals surface area contributed by atoms with Gasteiger partial charge in [0.25, 0.3) is 0 Å². The number of nitrogens with one attached hydrogen (secondary N) is 4. The number of aliphatic imine (C=N–C) groups is 2. The Morgan fingerprint density at radius 2 is 1.46 bits per heavy atom. The molecule has 6 atom stereocenters. The fourth-order valence-corrected chi connectivity index (χ4v) is 5.45. The Kier molecular flexibility index (Phi) is 16.1. The zero-order valence-corrected chi connectivity index (χ0v) is 29.7. The molecule has 0 radical (unpaired) electrons. The lowest BCUT2D eigenvalue weighted by Crippen LogP contribution is -2.60. The molecule has 0 aliphatic carbocycles. The van der Waals surface area contributed by atoms with Crippen molar-refractivity contribution in [2.24, 2.45) is 27.2 Å². The van der Waals surface area contributed by atoms with Gasteiger partial charge in [0.1, 0.15) is 30.5 Å². The van der Waals surface area contributed by atoms with E-state index in [-0.39, 0.29) is 38.1 Å². The van der Waals surface area contributed by atoms with Crippen molar-refractivity contribution in [2.45, 2.75) is 87.6 Å². The van der Waals surface area contributed by atoms with E-state index in [4.69, 9.17) is 17.2 Å². The molecule has 1 heterocycles. The first-order valence-corrected chi connectivity index (χ1v) is 17.3. The van der Waals surface area contributed by atoms with Gasteiger partial charge < -0.3 is 38.5 Å². The summed E-state index contributed by atoms with van der Waals surface area (Å²) >= 11 is 0. The van der Waals surface area contributed by atoms with Crippen LogP contribution in [0.5, 0.6) is 0 Å². The van der Waals surface area contributed by atoms with Crippen molar-refractivity contribution in [1.29, 1.82) is 0 Å². The first-order valence-electron chi connectivity index (χ1n) is 17.3. The van der Waals surface area contributed by atoms with Crippen LogP contribution in [0.3, 0.4) is 0 Å². The SMILES string of the molecule is C=C/C=C\C(CC(NC(=O)[C@H](CC1C=NC=N1)NC(=O)C(C)(C)N)C(=O)N[C@H](Cc1ccccc1)C(=O)N[C@@H](CCCN)C(N)=O)c1ccccc1. The molecule has 10 N–H and O–H groups in total. The fraction of sp³-hybridized carbons (Fsp3) is 0.395. The topological polar surface area (TPSA) is 236 Å². The smallest absolute Gasteiger partial charge is 0.243 e. The lowest BCUT2D eigenvalue weighted by molar-refractivity contribution is -0.135. The lowest BCUT2D eigenvalue weighted by Gasteiger charge is -2.29. The number of nitrogens with two attached hydrogens (primary N) is 3. The summed E-state index contributed by atoms with van der Waals surface area (Å²) in [6, 6.07) is 13.4. The highest BCUT2D eigenvalue weighted by atomic mass is 16.2. The number of rotatable bonds is 21. The molecule has 3 rings (SSSR count). The summed E-state index contributed by atoms with van der Waals surface area (Å²) < 4.78 is 0. The Bertz CT molecular complexity index is 1590. The summed E-state index contributed by atoms with van der Waals surface area (Å²) in [6.07, 6.45) is 8.97. The molecule has 0 bridgehead atoms. The van der Waals surface area contributed by atoms with Crippen molar-refractivity contribution in [1.82, 2.24) is 21.3 Å². The first kappa shape index (κ1) is 41.0. The maximum atomic E-state index is 14.4. The van der Waals surface area contributed by atoms with Crippen LogP contribution in [0, 0.1) is 0 Å². The van der Waals surface area contributed by atoms with Crippen molar-refractivity contribution in [2.75, 3.05) is 6.54 Å². The molecule has 14 heteroatoms. The standard InChI is InChI=1S/C38H51N9O5/c1-4-5-15-27(26-16-10-7-11-17-26)21-31(46-36(51)32(22-28-23-42-24-43-28)47-37(52)38(2,3)41)35(50)45-30(20-25-13-8-6-9-14-25)34(49)44-29(33(40)48)18-12-19-39/h4-11,13-17,23-24,27-32H,1,12,18-22,39,41H2,2-3H3,(H2,40,48)(H,44,49)(H,45,50)(H,46,51)(H,47,52)/b15-5-/t27?,28?,29-,30+,31?,32-/m0/s1. The summed E-state index contributed by atoms with van der Waals surface area (Å²) in [5, 5.41) is 11.0. The molecule has 1 aliphatic heterocycles. The van der Waals surface area contributed by atoms with Gasteiger partial charge in [-0.2, -0.15) is 0 Å². The van der Waals surface area contributed by atoms with Gasteiger partial charge in [0.2, 0.25) is 29.5 Å². The van der Waals surface area contributed by atoms with E-state index in [0.29, 0.717) is 6.42 Å². The zero-order valence-electron chi connectivity index (χ0n) is 29.7. The third-order valence-electron chi connectivity index (χ3n) is 8.37. The summed E-state index contributed by atoms with van der Waals surface area (Å²) in [5.41, 5.74) is 17.5. The molecule has 0 saturated carbocycles. The van der Waals surface area contributed by atoms with Gasteiger partial charge in [-0.3, -0.25) is 29.0 Å². The summed E-state index contributed by atoms with van der Waals surface area (Å²) in [5.74, 6) is -3.66. The van der Waals surface area contributed by atoms with Gasteiger partial charge in [0.15, 0.2) is 0 Å². The number of allylic oxidation sites excluding steroid dienone is 3. The fourth-order valence-electron chi connectivity index (χ4n) is 5.45. The second kappa shape index (κ2) is 20.4. The molecule has 0 fully saturated rings. The van der Waals surface area contributed by atoms with Crippen LogP contribution in [0.4, 0.5) is 0 Å². The second-order valence-electron chi connectivity index (χ2n) is 13.2. The third kappa shape index (κ3) is 13.3. The van der Waals surface area contributed by atoms with Gasteiger partial charge in [0, 0.05) is 25.0 Å². The number of primary amides is 1. The summed E-state index contributed by atoms with van der Waals surface area (Å²) in [4.78, 5) is 75.6. The lowest BCUT2D eigenvalue weighted by atomic mass is 9.90. The van der Waals surface area contributed by atoms with Crippen LogP contribution in [0.25, 0.3) is 0 Å². The van der Waals surface area contributed by atoms with E-state index in [1.807, 2.05) is 42.5 Å². The summed E-state index contributed by atoms with van der Waals surface area (Å²) in [7, 11) is 0. The highest BCUT2D eigenvalue weighted by Crippen LogP contribution is 2.24. The van der Waals surface area contributed by atoms with Crippen molar-refractivity contribution in [3.05, 3.63) is 96.6 Å². The minimum absolute atomic E-state index is 0.0524. The Hall–Kier alpha value is -5.47. The van der Waals surface area contributed by atoms with E-state index >= 15 is 0 Å². The number of benzene rings is 2. The van der Waals surface area contributed by atoms with Crippen molar-refractivity contribution in [3.8, 4) is 0 Å². The van der Waals surface area contributed by atoms with Gasteiger partial charge >= 0.3 is 0 Å². The number of hydrogen-bond acceptors (Lipinski definition) is 9. The van der Waals surface area contributed by atoms with Crippen LogP contribution in [0.1, 0.15) is 56.6 Å². The van der Waals surface area contributed by atoms with Gasteiger partial charge in [-0.05, 0) is 50.8 Å². The van der Waals surface area contributed by atoms with Gasteiger partial charge in [-0.15, -0.1) is 0 Å². The molecule has 3 unspecified atom stereocenters. The molecule has 0 saturated heterocycles. The van der Waals surface area contributed by atoms with Crippen LogP contribution in [0.15, 0.2) is 95.5 Å². The van der Waals surface area contributed by atoms with Crippen molar-refractivity contribution in [3.63, 3.8) is 0 Å². The largest absolute Gasteiger partial charge is 0.368 e. The van der Waals surface area contributed by atoms with Crippen LogP contribution >= 0.6 is 0 Å². The second-order valence-corrected chi connectivity index (χ2v) is 13.2. The van der Waals surface area contributed by atoms with E-state index < -0.39 is 65.3 Å². The normalized spacial score (nSPS) is 16.7. The Balaban J connectivity index is 2.00. The van der Waals surface area contributed by atoms with Gasteiger partial charge in [-0.25, -0.2) is 4.99 Å². The third-order valence-corrected chi connectivity index (χ3v) is 8.37. The number of carbonyl (C=O) groups excluding carboxylic acids is 5. The highest BCUT2D eigenvalue weighted by Gasteiger charge is 2.35. The molecule has 2 aromatic carbocycles. The van der Waals surface area contributed by atoms with Crippen LogP contribution in [-0.4, -0.2) is 84.4 Å². The molecule has 1 aliphatic rings. The quantitative estimate of drug-likeness (QED) is 0.0923. The molecular weight excluding hydrogens is 662 g/mol. The maximum absolute atomic E-state index is 14.4. The highest BCUT2D eigenvalue weighted by molar-refractivity contribution is 5.96. The average molecular weight is 714 g/mol. The molecule has 0 spiro atoms. The average Bonchev–Trinajstić information content (AvgIpc) is 3.64. The van der Waals surface area contributed by atoms with E-state index in [2.05, 4.69) is 37.8 Å². The van der Waals surface area contributed by atoms with Crippen LogP contribution in [0.2, 0.25) is 0 Å². The molecular formula is C38H51N9O5. The number of amides is 5. The van der Waals surface area contributed by atoms with E-state index in [0.717, 1.165) is 11.1 Å². The minimum atomic E-state index is -1.30. The van der Waals surface area contributed by atoms with Crippen LogP contribution in [-0.2, 0) is 30.4 Å². The minimum Gasteiger partial charge on any atom is -0.368 e. The predicted molar refractivity (Wildman–Crippen MR) is 202 cm³/mol. The van der Waals surface area contributed by atoms with Gasteiger partial charge in [-0.1, -0.05) is 85.5 Å². The number of nitrogens with zero attached hydrogens (tertiary/aromatic N) is 2. The Morgan fingerprint density at radius 1 is 0.865 bits per heavy atom. The maximum Gasteiger partial charge on any atom is 0.243 e. The van der Waals surface area contributed by atoms with E-state index in [1.54, 1.807) is 42.6 Å². The zero-order chi connectivity index (χ0) is 38.1. The molecule has 52 heavy (non-hydrogen) atoms. The molecule has 2 aromatic rings. The van der Waals surface area contributed by atoms with E-state index in [9.17, 15) is 24.0 Å².